The molecule has 0 radical (unpaired) electrons. The lowest BCUT2D eigenvalue weighted by Crippen LogP contribution is -1.83. The van der Waals surface area contributed by atoms with Gasteiger partial charge in [0, 0.05) is 10.2 Å². The molecule has 60 valence electrons. The van der Waals surface area contributed by atoms with Crippen LogP contribution in [0.3, 0.4) is 0 Å². The molecule has 2 heteroatoms. The lowest BCUT2D eigenvalue weighted by atomic mass is 10.2. The second-order valence-electron chi connectivity index (χ2n) is 2.29. The van der Waals surface area contributed by atoms with Crippen LogP contribution in [0.15, 0.2) is 29.2 Å². The first-order valence-corrected chi connectivity index (χ1v) is 5.90. The van der Waals surface area contributed by atoms with Crippen LogP contribution in [-0.2, 0) is 6.42 Å². The van der Waals surface area contributed by atoms with Crippen LogP contribution >= 0.6 is 27.7 Å². The molecule has 0 aliphatic rings. The van der Waals surface area contributed by atoms with Crippen LogP contribution < -0.4 is 0 Å². The van der Waals surface area contributed by atoms with Gasteiger partial charge in [-0.15, -0.1) is 11.8 Å². The quantitative estimate of drug-likeness (QED) is 0.567. The maximum Gasteiger partial charge on any atom is 0.00718 e. The lowest BCUT2D eigenvalue weighted by molar-refractivity contribution is 1.16. The highest BCUT2D eigenvalue weighted by molar-refractivity contribution is 9.09. The van der Waals surface area contributed by atoms with E-state index in [4.69, 9.17) is 0 Å². The topological polar surface area (TPSA) is 0 Å². The van der Waals surface area contributed by atoms with Crippen LogP contribution in [0.4, 0.5) is 0 Å². The van der Waals surface area contributed by atoms with E-state index in [9.17, 15) is 0 Å². The molecular weight excluding hydrogens is 220 g/mol. The van der Waals surface area contributed by atoms with Crippen molar-refractivity contribution >= 4 is 27.7 Å². The van der Waals surface area contributed by atoms with Gasteiger partial charge in [0.1, 0.15) is 0 Å². The van der Waals surface area contributed by atoms with Crippen LogP contribution in [0.2, 0.25) is 0 Å². The average molecular weight is 231 g/mol. The van der Waals surface area contributed by atoms with E-state index < -0.39 is 0 Å². The number of alkyl halides is 1. The van der Waals surface area contributed by atoms with Gasteiger partial charge in [-0.1, -0.05) is 28.1 Å². The summed E-state index contributed by atoms with van der Waals surface area (Å²) in [5.74, 6) is 0. The first-order chi connectivity index (χ1) is 5.36. The highest BCUT2D eigenvalue weighted by Crippen LogP contribution is 2.15. The second kappa shape index (κ2) is 4.83. The van der Waals surface area contributed by atoms with E-state index in [0.29, 0.717) is 0 Å². The number of thioether (sulfide) groups is 1. The molecule has 1 aromatic carbocycles. The van der Waals surface area contributed by atoms with Gasteiger partial charge >= 0.3 is 0 Å². The first kappa shape index (κ1) is 9.14. The Kier molecular flexibility index (Phi) is 4.02. The monoisotopic (exact) mass is 230 g/mol. The lowest BCUT2D eigenvalue weighted by Gasteiger charge is -1.98. The minimum absolute atomic E-state index is 1.05. The molecule has 0 saturated carbocycles. The Morgan fingerprint density at radius 2 is 1.91 bits per heavy atom. The van der Waals surface area contributed by atoms with Crippen molar-refractivity contribution in [2.24, 2.45) is 0 Å². The van der Waals surface area contributed by atoms with Crippen molar-refractivity contribution in [3.63, 3.8) is 0 Å². The molecule has 0 bridgehead atoms. The molecule has 0 unspecified atom stereocenters. The molecule has 0 heterocycles. The van der Waals surface area contributed by atoms with Gasteiger partial charge in [0.25, 0.3) is 0 Å². The normalized spacial score (nSPS) is 10.0. The number of rotatable bonds is 3. The molecule has 0 nitrogen and oxygen atoms in total. The summed E-state index contributed by atoms with van der Waals surface area (Å²) in [6, 6.07) is 8.71. The minimum atomic E-state index is 1.05. The molecule has 0 saturated heterocycles. The average Bonchev–Trinajstić information content (AvgIpc) is 2.07. The fourth-order valence-electron chi connectivity index (χ4n) is 0.901. The molecule has 0 aliphatic heterocycles. The van der Waals surface area contributed by atoms with E-state index in [1.54, 1.807) is 11.8 Å². The molecule has 0 amide bonds. The summed E-state index contributed by atoms with van der Waals surface area (Å²) in [5.41, 5.74) is 1.40. The summed E-state index contributed by atoms with van der Waals surface area (Å²) in [4.78, 5) is 1.34. The van der Waals surface area contributed by atoms with Crippen LogP contribution in [-0.4, -0.2) is 11.6 Å². The number of hydrogen-bond acceptors (Lipinski definition) is 1. The van der Waals surface area contributed by atoms with Crippen LogP contribution in [0.25, 0.3) is 0 Å². The Bertz CT molecular complexity index is 205. The van der Waals surface area contributed by atoms with Crippen molar-refractivity contribution in [3.8, 4) is 0 Å². The third kappa shape index (κ3) is 2.88. The zero-order chi connectivity index (χ0) is 8.10. The molecule has 0 aromatic heterocycles. The van der Waals surface area contributed by atoms with E-state index in [1.807, 2.05) is 0 Å². The van der Waals surface area contributed by atoms with Gasteiger partial charge in [-0.05, 0) is 30.4 Å². The fraction of sp³-hybridized carbons (Fsp3) is 0.333. The van der Waals surface area contributed by atoms with Gasteiger partial charge in [-0.2, -0.15) is 0 Å². The van der Waals surface area contributed by atoms with Gasteiger partial charge in [0.2, 0.25) is 0 Å². The third-order valence-corrected chi connectivity index (χ3v) is 2.68. The van der Waals surface area contributed by atoms with Gasteiger partial charge in [-0.3, -0.25) is 0 Å². The van der Waals surface area contributed by atoms with E-state index in [1.165, 1.54) is 10.5 Å². The van der Waals surface area contributed by atoms with E-state index >= 15 is 0 Å². The number of halogens is 1. The van der Waals surface area contributed by atoms with Crippen LogP contribution in [0.1, 0.15) is 5.56 Å². The molecular formula is C9H11BrS. The smallest absolute Gasteiger partial charge is 0.00718 e. The minimum Gasteiger partial charge on any atom is -0.130 e. The SMILES string of the molecule is CSc1ccc(CCBr)cc1. The Hall–Kier alpha value is 0.0500. The summed E-state index contributed by atoms with van der Waals surface area (Å²) in [6.07, 6.45) is 3.22. The molecule has 0 atom stereocenters. The highest BCUT2D eigenvalue weighted by Gasteiger charge is 1.91. The summed E-state index contributed by atoms with van der Waals surface area (Å²) in [5, 5.41) is 1.05. The fourth-order valence-corrected chi connectivity index (χ4v) is 1.77. The molecule has 0 aliphatic carbocycles. The molecule has 0 N–H and O–H groups in total. The van der Waals surface area contributed by atoms with Crippen LogP contribution in [0.5, 0.6) is 0 Å². The zero-order valence-electron chi connectivity index (χ0n) is 6.51. The molecule has 0 fully saturated rings. The summed E-state index contributed by atoms with van der Waals surface area (Å²) in [7, 11) is 0. The zero-order valence-corrected chi connectivity index (χ0v) is 8.91. The molecule has 0 spiro atoms. The Balaban J connectivity index is 2.66. The maximum atomic E-state index is 3.42. The molecule has 1 aromatic rings. The van der Waals surface area contributed by atoms with Crippen molar-refractivity contribution in [3.05, 3.63) is 29.8 Å². The highest BCUT2D eigenvalue weighted by atomic mass is 79.9. The van der Waals surface area contributed by atoms with Gasteiger partial charge in [0.15, 0.2) is 0 Å². The van der Waals surface area contributed by atoms with Gasteiger partial charge < -0.3 is 0 Å². The summed E-state index contributed by atoms with van der Waals surface area (Å²) in [6.45, 7) is 0. The van der Waals surface area contributed by atoms with Crippen molar-refractivity contribution in [2.45, 2.75) is 11.3 Å². The number of benzene rings is 1. The van der Waals surface area contributed by atoms with Crippen molar-refractivity contribution in [1.29, 1.82) is 0 Å². The third-order valence-electron chi connectivity index (χ3n) is 1.54. The predicted octanol–water partition coefficient (Wildman–Crippen LogP) is 3.35. The Morgan fingerprint density at radius 1 is 1.27 bits per heavy atom. The molecule has 11 heavy (non-hydrogen) atoms. The number of hydrogen-bond donors (Lipinski definition) is 0. The maximum absolute atomic E-state index is 3.42. The van der Waals surface area contributed by atoms with E-state index in [2.05, 4.69) is 46.5 Å². The first-order valence-electron chi connectivity index (χ1n) is 3.55. The Labute approximate surface area is 80.5 Å². The van der Waals surface area contributed by atoms with E-state index in [0.717, 1.165) is 11.8 Å². The largest absolute Gasteiger partial charge is 0.130 e. The Morgan fingerprint density at radius 3 is 2.36 bits per heavy atom. The predicted molar refractivity (Wildman–Crippen MR) is 55.7 cm³/mol. The van der Waals surface area contributed by atoms with Gasteiger partial charge in [0.05, 0.1) is 0 Å². The van der Waals surface area contributed by atoms with E-state index in [-0.39, 0.29) is 0 Å². The van der Waals surface area contributed by atoms with Crippen molar-refractivity contribution in [1.82, 2.24) is 0 Å². The standard InChI is InChI=1S/C9H11BrS/c1-11-9-4-2-8(3-5-9)6-7-10/h2-5H,6-7H2,1H3. The van der Waals surface area contributed by atoms with Crippen LogP contribution in [0, 0.1) is 0 Å². The second-order valence-corrected chi connectivity index (χ2v) is 3.96. The summed E-state index contributed by atoms with van der Waals surface area (Å²) >= 11 is 5.20. The van der Waals surface area contributed by atoms with Crippen molar-refractivity contribution in [2.75, 3.05) is 11.6 Å². The summed E-state index contributed by atoms with van der Waals surface area (Å²) < 4.78 is 0. The number of aryl methyl sites for hydroxylation is 1. The molecule has 1 rings (SSSR count). The van der Waals surface area contributed by atoms with Gasteiger partial charge in [-0.25, -0.2) is 0 Å². The van der Waals surface area contributed by atoms with Crippen molar-refractivity contribution < 1.29 is 0 Å².